The van der Waals surface area contributed by atoms with Crippen LogP contribution in [-0.2, 0) is 0 Å². The Morgan fingerprint density at radius 1 is 1.09 bits per heavy atom. The summed E-state index contributed by atoms with van der Waals surface area (Å²) in [6.07, 6.45) is 5.93. The summed E-state index contributed by atoms with van der Waals surface area (Å²) >= 11 is 3.54. The summed E-state index contributed by atoms with van der Waals surface area (Å²) in [5, 5.41) is 3.84. The molecule has 22 heavy (non-hydrogen) atoms. The Hall–Kier alpha value is -1.54. The number of halogens is 1. The molecule has 112 valence electrons. The van der Waals surface area contributed by atoms with Crippen molar-refractivity contribution >= 4 is 21.6 Å². The van der Waals surface area contributed by atoms with Gasteiger partial charge in [0.2, 0.25) is 0 Å². The summed E-state index contributed by atoms with van der Waals surface area (Å²) in [4.78, 5) is 0. The van der Waals surface area contributed by atoms with E-state index in [1.165, 1.54) is 27.9 Å². The van der Waals surface area contributed by atoms with Crippen LogP contribution in [0, 0.1) is 19.8 Å². The molecule has 0 bridgehead atoms. The van der Waals surface area contributed by atoms with Crippen molar-refractivity contribution in [1.29, 1.82) is 0 Å². The summed E-state index contributed by atoms with van der Waals surface area (Å²) in [5.74, 6) is 1.17. The van der Waals surface area contributed by atoms with Crippen LogP contribution in [0.3, 0.4) is 0 Å². The zero-order valence-corrected chi connectivity index (χ0v) is 14.5. The lowest BCUT2D eigenvalue weighted by atomic mass is 9.76. The van der Waals surface area contributed by atoms with Gasteiger partial charge >= 0.3 is 0 Å². The lowest BCUT2D eigenvalue weighted by Crippen LogP contribution is -2.29. The normalized spacial score (nSPS) is 25.5. The fourth-order valence-electron chi connectivity index (χ4n) is 4.07. The van der Waals surface area contributed by atoms with Crippen LogP contribution in [0.5, 0.6) is 0 Å². The molecule has 0 fully saturated rings. The van der Waals surface area contributed by atoms with E-state index in [2.05, 4.69) is 83.6 Å². The molecule has 3 atom stereocenters. The molecule has 0 aromatic heterocycles. The molecule has 0 saturated carbocycles. The molecule has 1 nitrogen and oxygen atoms in total. The second-order valence-electron chi connectivity index (χ2n) is 6.57. The summed E-state index contributed by atoms with van der Waals surface area (Å²) < 4.78 is 1.14. The number of rotatable bonds is 1. The smallest absolute Gasteiger partial charge is 0.0554 e. The summed E-state index contributed by atoms with van der Waals surface area (Å²) in [5.41, 5.74) is 6.92. The fourth-order valence-corrected chi connectivity index (χ4v) is 4.34. The summed E-state index contributed by atoms with van der Waals surface area (Å²) in [6.45, 7) is 4.41. The lowest BCUT2D eigenvalue weighted by Gasteiger charge is -2.38. The number of benzene rings is 2. The van der Waals surface area contributed by atoms with Crippen LogP contribution in [0.25, 0.3) is 0 Å². The Balaban J connectivity index is 1.82. The van der Waals surface area contributed by atoms with Gasteiger partial charge in [0.15, 0.2) is 0 Å². The average Bonchev–Trinajstić information content (AvgIpc) is 2.97. The molecular weight excluding hydrogens is 334 g/mol. The number of aryl methyl sites for hydroxylation is 2. The van der Waals surface area contributed by atoms with Gasteiger partial charge in [0.1, 0.15) is 0 Å². The van der Waals surface area contributed by atoms with Crippen LogP contribution in [0.1, 0.15) is 40.6 Å². The fraction of sp³-hybridized carbons (Fsp3) is 0.300. The van der Waals surface area contributed by atoms with Crippen LogP contribution < -0.4 is 5.32 Å². The van der Waals surface area contributed by atoms with E-state index in [9.17, 15) is 0 Å². The van der Waals surface area contributed by atoms with E-state index in [4.69, 9.17) is 0 Å². The van der Waals surface area contributed by atoms with Crippen molar-refractivity contribution in [2.45, 2.75) is 32.2 Å². The van der Waals surface area contributed by atoms with E-state index in [0.29, 0.717) is 17.9 Å². The monoisotopic (exact) mass is 353 g/mol. The maximum absolute atomic E-state index is 3.84. The predicted octanol–water partition coefficient (Wildman–Crippen LogP) is 5.89. The largest absolute Gasteiger partial charge is 0.377 e. The van der Waals surface area contributed by atoms with Crippen molar-refractivity contribution in [2.75, 3.05) is 5.32 Å². The molecule has 0 amide bonds. The maximum atomic E-state index is 3.84. The quantitative estimate of drug-likeness (QED) is 0.630. The van der Waals surface area contributed by atoms with Gasteiger partial charge in [-0.15, -0.1) is 0 Å². The van der Waals surface area contributed by atoms with Crippen LogP contribution in [0.4, 0.5) is 5.69 Å². The molecule has 2 aromatic carbocycles. The minimum absolute atomic E-state index is 0.391. The van der Waals surface area contributed by atoms with Gasteiger partial charge in [0.25, 0.3) is 0 Å². The highest BCUT2D eigenvalue weighted by atomic mass is 79.9. The van der Waals surface area contributed by atoms with Gasteiger partial charge in [-0.05, 0) is 55.0 Å². The molecule has 0 radical (unpaired) electrons. The number of allylic oxidation sites excluding steroid dienone is 2. The minimum atomic E-state index is 0.391. The van der Waals surface area contributed by atoms with Crippen LogP contribution in [-0.4, -0.2) is 0 Å². The third kappa shape index (κ3) is 2.21. The van der Waals surface area contributed by atoms with Gasteiger partial charge in [-0.3, -0.25) is 0 Å². The van der Waals surface area contributed by atoms with Gasteiger partial charge in [-0.25, -0.2) is 0 Å². The summed E-state index contributed by atoms with van der Waals surface area (Å²) in [6, 6.07) is 13.8. The third-order valence-electron chi connectivity index (χ3n) is 5.04. The second kappa shape index (κ2) is 5.27. The lowest BCUT2D eigenvalue weighted by molar-refractivity contribution is 0.425. The van der Waals surface area contributed by atoms with Crippen molar-refractivity contribution in [1.82, 2.24) is 0 Å². The first-order chi connectivity index (χ1) is 10.6. The topological polar surface area (TPSA) is 12.0 Å². The van der Waals surface area contributed by atoms with E-state index in [1.807, 2.05) is 0 Å². The molecule has 2 aromatic rings. The predicted molar refractivity (Wildman–Crippen MR) is 96.4 cm³/mol. The van der Waals surface area contributed by atoms with Gasteiger partial charge in [0.05, 0.1) is 6.04 Å². The van der Waals surface area contributed by atoms with Crippen molar-refractivity contribution in [3.63, 3.8) is 0 Å². The van der Waals surface area contributed by atoms with Gasteiger partial charge in [0, 0.05) is 16.1 Å². The first-order valence-corrected chi connectivity index (χ1v) is 8.72. The van der Waals surface area contributed by atoms with Crippen LogP contribution in [0.15, 0.2) is 53.0 Å². The maximum Gasteiger partial charge on any atom is 0.0554 e. The van der Waals surface area contributed by atoms with E-state index < -0.39 is 0 Å². The summed E-state index contributed by atoms with van der Waals surface area (Å²) in [7, 11) is 0. The van der Waals surface area contributed by atoms with Crippen molar-refractivity contribution in [3.05, 3.63) is 75.3 Å². The highest BCUT2D eigenvalue weighted by molar-refractivity contribution is 9.10. The third-order valence-corrected chi connectivity index (χ3v) is 5.57. The molecule has 0 unspecified atom stereocenters. The second-order valence-corrected chi connectivity index (χ2v) is 7.49. The molecule has 2 heteroatoms. The van der Waals surface area contributed by atoms with Crippen molar-refractivity contribution in [3.8, 4) is 0 Å². The Bertz CT molecular complexity index is 745. The van der Waals surface area contributed by atoms with Gasteiger partial charge in [-0.2, -0.15) is 0 Å². The first kappa shape index (κ1) is 14.1. The minimum Gasteiger partial charge on any atom is -0.377 e. The van der Waals surface area contributed by atoms with Crippen molar-refractivity contribution in [2.24, 2.45) is 5.92 Å². The number of hydrogen-bond acceptors (Lipinski definition) is 1. The number of fused-ring (bicyclic) bond motifs is 3. The van der Waals surface area contributed by atoms with Crippen LogP contribution in [0.2, 0.25) is 0 Å². The Labute approximate surface area is 140 Å². The SMILES string of the molecule is Cc1cc(C)c2c(c1)[C@@H]1C=CC[C@@H]1[C@H](c1ccc(Br)cc1)N2. The average molecular weight is 354 g/mol. The Kier molecular flexibility index (Phi) is 3.37. The standard InChI is InChI=1S/C20H20BrN/c1-12-10-13(2)19-18(11-12)16-4-3-5-17(16)20(22-19)14-6-8-15(21)9-7-14/h3-4,6-11,16-17,20,22H,5H2,1-2H3/t16-,17+,20+/m1/s1. The van der Waals surface area contributed by atoms with Crippen LogP contribution >= 0.6 is 15.9 Å². The number of nitrogens with one attached hydrogen (secondary N) is 1. The highest BCUT2D eigenvalue weighted by Gasteiger charge is 2.38. The van der Waals surface area contributed by atoms with Gasteiger partial charge < -0.3 is 5.32 Å². The zero-order valence-electron chi connectivity index (χ0n) is 12.9. The molecule has 1 heterocycles. The van der Waals surface area contributed by atoms with E-state index in [0.717, 1.165) is 10.9 Å². The zero-order chi connectivity index (χ0) is 15.3. The van der Waals surface area contributed by atoms with E-state index in [-0.39, 0.29) is 0 Å². The molecule has 0 saturated heterocycles. The molecule has 1 N–H and O–H groups in total. The molecule has 1 aliphatic carbocycles. The van der Waals surface area contributed by atoms with E-state index >= 15 is 0 Å². The Morgan fingerprint density at radius 3 is 2.64 bits per heavy atom. The molecule has 2 aliphatic rings. The van der Waals surface area contributed by atoms with E-state index in [1.54, 1.807) is 0 Å². The molecule has 1 aliphatic heterocycles. The number of hydrogen-bond donors (Lipinski definition) is 1. The molecular formula is C20H20BrN. The molecule has 0 spiro atoms. The highest BCUT2D eigenvalue weighted by Crippen LogP contribution is 2.50. The molecule has 4 rings (SSSR count). The Morgan fingerprint density at radius 2 is 1.86 bits per heavy atom. The number of anilines is 1. The van der Waals surface area contributed by atoms with Crippen molar-refractivity contribution < 1.29 is 0 Å². The first-order valence-electron chi connectivity index (χ1n) is 7.93. The van der Waals surface area contributed by atoms with Gasteiger partial charge in [-0.1, -0.05) is 57.9 Å².